The van der Waals surface area contributed by atoms with Crippen LogP contribution in [0.2, 0.25) is 10.0 Å². The standard InChI is InChI=1S/C25H21Cl2F3N4O4S/c1-15(16-5-4-8-20(12-16)31-24(36)17-6-3-7-19(26)11-17)32-33-23(35)14-34(39(2,37)38)22-13-18(25(28,29)30)9-10-21(22)27/h3-13H,14H2,1-2H3,(H,31,36)(H,33,35)/b32-15+. The maximum absolute atomic E-state index is 13.2. The lowest BCUT2D eigenvalue weighted by molar-refractivity contribution is -0.137. The summed E-state index contributed by atoms with van der Waals surface area (Å²) >= 11 is 11.9. The van der Waals surface area contributed by atoms with Gasteiger partial charge in [-0.2, -0.15) is 18.3 Å². The molecule has 0 unspecified atom stereocenters. The molecule has 0 aromatic heterocycles. The highest BCUT2D eigenvalue weighted by molar-refractivity contribution is 7.92. The van der Waals surface area contributed by atoms with E-state index in [4.69, 9.17) is 23.2 Å². The lowest BCUT2D eigenvalue weighted by Gasteiger charge is -2.23. The lowest BCUT2D eigenvalue weighted by atomic mass is 10.1. The molecule has 0 saturated heterocycles. The van der Waals surface area contributed by atoms with E-state index in [1.165, 1.54) is 6.07 Å². The SMILES string of the molecule is C/C(=N\NC(=O)CN(c1cc(C(F)(F)F)ccc1Cl)S(C)(=O)=O)c1cccc(NC(=O)c2cccc(Cl)c2)c1. The van der Waals surface area contributed by atoms with Crippen LogP contribution in [0.15, 0.2) is 71.8 Å². The number of hydrogen-bond donors (Lipinski definition) is 2. The molecule has 3 rings (SSSR count). The quantitative estimate of drug-likeness (QED) is 0.260. The maximum atomic E-state index is 13.2. The van der Waals surface area contributed by atoms with Crippen LogP contribution in [0.5, 0.6) is 0 Å². The molecule has 0 aliphatic rings. The number of benzene rings is 3. The molecule has 14 heteroatoms. The van der Waals surface area contributed by atoms with E-state index in [1.807, 2.05) is 0 Å². The largest absolute Gasteiger partial charge is 0.416 e. The van der Waals surface area contributed by atoms with Crippen molar-refractivity contribution in [1.82, 2.24) is 5.43 Å². The minimum Gasteiger partial charge on any atom is -0.322 e. The summed E-state index contributed by atoms with van der Waals surface area (Å²) in [5, 5.41) is 6.77. The summed E-state index contributed by atoms with van der Waals surface area (Å²) in [6.07, 6.45) is -4.02. The summed E-state index contributed by atoms with van der Waals surface area (Å²) in [6, 6.07) is 15.1. The molecule has 0 aliphatic carbocycles. The van der Waals surface area contributed by atoms with Crippen molar-refractivity contribution in [3.8, 4) is 0 Å². The Bertz CT molecular complexity index is 1550. The van der Waals surface area contributed by atoms with Crippen LogP contribution in [0, 0.1) is 0 Å². The van der Waals surface area contributed by atoms with E-state index in [0.29, 0.717) is 44.0 Å². The van der Waals surface area contributed by atoms with Gasteiger partial charge in [-0.25, -0.2) is 13.8 Å². The summed E-state index contributed by atoms with van der Waals surface area (Å²) in [5.74, 6) is -1.33. The maximum Gasteiger partial charge on any atom is 0.416 e. The Morgan fingerprint density at radius 2 is 1.64 bits per heavy atom. The molecular weight excluding hydrogens is 580 g/mol. The van der Waals surface area contributed by atoms with E-state index in [0.717, 1.165) is 12.3 Å². The first-order chi connectivity index (χ1) is 18.1. The minimum atomic E-state index is -4.76. The average molecular weight is 601 g/mol. The molecule has 0 atom stereocenters. The molecular formula is C25H21Cl2F3N4O4S. The molecule has 0 fully saturated rings. The molecule has 0 aliphatic heterocycles. The number of carbonyl (C=O) groups excluding carboxylic acids is 2. The normalized spacial score (nSPS) is 12.1. The zero-order valence-electron chi connectivity index (χ0n) is 20.4. The van der Waals surface area contributed by atoms with E-state index >= 15 is 0 Å². The van der Waals surface area contributed by atoms with Crippen molar-refractivity contribution in [2.24, 2.45) is 5.10 Å². The van der Waals surface area contributed by atoms with Crippen LogP contribution in [0.4, 0.5) is 24.5 Å². The molecule has 0 heterocycles. The monoisotopic (exact) mass is 600 g/mol. The van der Waals surface area contributed by atoms with Crippen LogP contribution in [0.3, 0.4) is 0 Å². The fourth-order valence-corrected chi connectivity index (χ4v) is 4.61. The Morgan fingerprint density at radius 3 is 2.28 bits per heavy atom. The number of anilines is 2. The highest BCUT2D eigenvalue weighted by atomic mass is 35.5. The molecule has 0 radical (unpaired) electrons. The van der Waals surface area contributed by atoms with Gasteiger partial charge in [0, 0.05) is 16.3 Å². The van der Waals surface area contributed by atoms with Gasteiger partial charge in [-0.15, -0.1) is 0 Å². The molecule has 0 saturated carbocycles. The topological polar surface area (TPSA) is 108 Å². The number of halogens is 5. The highest BCUT2D eigenvalue weighted by Gasteiger charge is 2.33. The van der Waals surface area contributed by atoms with Crippen LogP contribution in [-0.4, -0.2) is 38.7 Å². The highest BCUT2D eigenvalue weighted by Crippen LogP contribution is 2.36. The molecule has 2 amide bonds. The van der Waals surface area contributed by atoms with Crippen LogP contribution >= 0.6 is 23.2 Å². The number of rotatable bonds is 8. The number of amides is 2. The van der Waals surface area contributed by atoms with Gasteiger partial charge in [0.25, 0.3) is 11.8 Å². The van der Waals surface area contributed by atoms with Crippen molar-refractivity contribution in [2.45, 2.75) is 13.1 Å². The molecule has 206 valence electrons. The molecule has 2 N–H and O–H groups in total. The predicted molar refractivity (Wildman–Crippen MR) is 145 cm³/mol. The van der Waals surface area contributed by atoms with Gasteiger partial charge >= 0.3 is 6.18 Å². The van der Waals surface area contributed by atoms with Gasteiger partial charge in [0.15, 0.2) is 0 Å². The summed E-state index contributed by atoms with van der Waals surface area (Å²) < 4.78 is 64.6. The van der Waals surface area contributed by atoms with E-state index in [2.05, 4.69) is 15.8 Å². The molecule has 8 nitrogen and oxygen atoms in total. The average Bonchev–Trinajstić information content (AvgIpc) is 2.85. The summed E-state index contributed by atoms with van der Waals surface area (Å²) in [6.45, 7) is 0.669. The second-order valence-corrected chi connectivity index (χ2v) is 11.0. The first kappa shape index (κ1) is 29.9. The smallest absolute Gasteiger partial charge is 0.322 e. The fraction of sp³-hybridized carbons (Fsp3) is 0.160. The van der Waals surface area contributed by atoms with Crippen molar-refractivity contribution in [3.05, 3.63) is 93.5 Å². The van der Waals surface area contributed by atoms with Gasteiger partial charge in [0.1, 0.15) is 6.54 Å². The van der Waals surface area contributed by atoms with Crippen LogP contribution in [-0.2, 0) is 21.0 Å². The predicted octanol–water partition coefficient (Wildman–Crippen LogP) is 5.57. The van der Waals surface area contributed by atoms with Gasteiger partial charge in [-0.1, -0.05) is 41.4 Å². The zero-order chi connectivity index (χ0) is 29.0. The summed E-state index contributed by atoms with van der Waals surface area (Å²) in [7, 11) is -4.21. The van der Waals surface area contributed by atoms with E-state index in [-0.39, 0.29) is 5.02 Å². The van der Waals surface area contributed by atoms with Gasteiger partial charge in [0.2, 0.25) is 10.0 Å². The second kappa shape index (κ2) is 12.1. The van der Waals surface area contributed by atoms with Crippen molar-refractivity contribution in [1.29, 1.82) is 0 Å². The number of carbonyl (C=O) groups is 2. The van der Waals surface area contributed by atoms with Crippen LogP contribution in [0.1, 0.15) is 28.4 Å². The Balaban J connectivity index is 1.75. The number of hydrogen-bond acceptors (Lipinski definition) is 5. The van der Waals surface area contributed by atoms with Gasteiger partial charge in [0.05, 0.1) is 28.2 Å². The van der Waals surface area contributed by atoms with Gasteiger partial charge < -0.3 is 5.32 Å². The number of sulfonamides is 1. The molecule has 0 spiro atoms. The van der Waals surface area contributed by atoms with E-state index < -0.39 is 45.8 Å². The first-order valence-electron chi connectivity index (χ1n) is 11.0. The lowest BCUT2D eigenvalue weighted by Crippen LogP contribution is -2.39. The molecule has 3 aromatic rings. The summed E-state index contributed by atoms with van der Waals surface area (Å²) in [4.78, 5) is 25.0. The number of nitrogens with one attached hydrogen (secondary N) is 2. The first-order valence-corrected chi connectivity index (χ1v) is 13.6. The molecule has 39 heavy (non-hydrogen) atoms. The van der Waals surface area contributed by atoms with Crippen LogP contribution in [0.25, 0.3) is 0 Å². The number of nitrogens with zero attached hydrogens (tertiary/aromatic N) is 2. The Kier molecular flexibility index (Phi) is 9.26. The van der Waals surface area contributed by atoms with E-state index in [9.17, 15) is 31.2 Å². The van der Waals surface area contributed by atoms with E-state index in [1.54, 1.807) is 49.4 Å². The number of hydrazone groups is 1. The van der Waals surface area contributed by atoms with Gasteiger partial charge in [-0.05, 0) is 61.0 Å². The summed E-state index contributed by atoms with van der Waals surface area (Å²) in [5.41, 5.74) is 2.14. The number of alkyl halides is 3. The third-order valence-corrected chi connectivity index (χ3v) is 6.88. The van der Waals surface area contributed by atoms with Crippen LogP contribution < -0.4 is 15.0 Å². The third kappa shape index (κ3) is 8.19. The zero-order valence-corrected chi connectivity index (χ0v) is 22.7. The van der Waals surface area contributed by atoms with Gasteiger partial charge in [-0.3, -0.25) is 13.9 Å². The molecule has 0 bridgehead atoms. The third-order valence-electron chi connectivity index (χ3n) is 5.20. The second-order valence-electron chi connectivity index (χ2n) is 8.21. The fourth-order valence-electron chi connectivity index (χ4n) is 3.29. The van der Waals surface area contributed by atoms with Crippen molar-refractivity contribution < 1.29 is 31.2 Å². The molecule has 3 aromatic carbocycles. The van der Waals surface area contributed by atoms with Crippen molar-refractivity contribution in [2.75, 3.05) is 22.4 Å². The Morgan fingerprint density at radius 1 is 0.974 bits per heavy atom. The Hall–Kier alpha value is -3.61. The van der Waals surface area contributed by atoms with Crippen molar-refractivity contribution >= 4 is 62.1 Å². The minimum absolute atomic E-state index is 0.294. The van der Waals surface area contributed by atoms with Crippen molar-refractivity contribution in [3.63, 3.8) is 0 Å². The Labute approximate surface area is 232 Å².